The molecule has 1 fully saturated rings. The molecule has 152 valence electrons. The van der Waals surface area contributed by atoms with Gasteiger partial charge in [0.15, 0.2) is 5.82 Å². The molecule has 0 saturated carbocycles. The molecule has 2 atom stereocenters. The summed E-state index contributed by atoms with van der Waals surface area (Å²) in [4.78, 5) is 16.2. The van der Waals surface area contributed by atoms with Gasteiger partial charge >= 0.3 is 7.12 Å². The number of nitrogens with two attached hydrogens (primary N) is 1. The smallest absolute Gasteiger partial charge is 0.423 e. The molecule has 1 aromatic heterocycles. The number of primary amides is 1. The van der Waals surface area contributed by atoms with Crippen LogP contribution in [0.15, 0.2) is 29.4 Å². The van der Waals surface area contributed by atoms with Crippen LogP contribution in [-0.2, 0) is 15.8 Å². The molecule has 2 aliphatic rings. The number of aliphatic imine (C=N–C) groups is 1. The Labute approximate surface area is 169 Å². The first-order valence-electron chi connectivity index (χ1n) is 9.65. The number of nitrogens with one attached hydrogen (secondary N) is 1. The van der Waals surface area contributed by atoms with Gasteiger partial charge in [-0.05, 0) is 36.0 Å². The third-order valence-electron chi connectivity index (χ3n) is 5.38. The van der Waals surface area contributed by atoms with E-state index in [-0.39, 0.29) is 12.0 Å². The number of nitrogens with zero attached hydrogens (tertiary/aromatic N) is 3. The normalized spacial score (nSPS) is 21.9. The molecule has 1 amide bonds. The van der Waals surface area contributed by atoms with E-state index in [1.165, 1.54) is 0 Å². The Morgan fingerprint density at radius 3 is 3.14 bits per heavy atom. The highest BCUT2D eigenvalue weighted by atomic mass is 16.5. The SMILES string of the molecule is CN=C[C@H]1CCOC[C@@H]1n1cc(C(N)=O)c(Nc2ccc3c(c2)CCOB3O)n1. The van der Waals surface area contributed by atoms with Crippen molar-refractivity contribution in [1.29, 1.82) is 0 Å². The molecular formula is C19H24BN5O4. The average molecular weight is 397 g/mol. The minimum Gasteiger partial charge on any atom is -0.423 e. The van der Waals surface area contributed by atoms with Crippen molar-refractivity contribution < 1.29 is 19.2 Å². The van der Waals surface area contributed by atoms with Crippen molar-refractivity contribution in [3.63, 3.8) is 0 Å². The Morgan fingerprint density at radius 1 is 1.48 bits per heavy atom. The van der Waals surface area contributed by atoms with E-state index in [2.05, 4.69) is 15.4 Å². The number of fused-ring (bicyclic) bond motifs is 1. The van der Waals surface area contributed by atoms with Gasteiger partial charge in [-0.1, -0.05) is 6.07 Å². The quantitative estimate of drug-likeness (QED) is 0.491. The van der Waals surface area contributed by atoms with Crippen LogP contribution in [0.3, 0.4) is 0 Å². The number of aromatic nitrogens is 2. The van der Waals surface area contributed by atoms with Crippen molar-refractivity contribution in [1.82, 2.24) is 9.78 Å². The lowest BCUT2D eigenvalue weighted by Crippen LogP contribution is -2.41. The molecule has 1 aromatic carbocycles. The van der Waals surface area contributed by atoms with Gasteiger partial charge in [0.05, 0.1) is 12.6 Å². The van der Waals surface area contributed by atoms with Crippen molar-refractivity contribution in [2.24, 2.45) is 16.6 Å². The fourth-order valence-electron chi connectivity index (χ4n) is 3.86. The van der Waals surface area contributed by atoms with Gasteiger partial charge in [-0.2, -0.15) is 5.10 Å². The fourth-order valence-corrected chi connectivity index (χ4v) is 3.86. The van der Waals surface area contributed by atoms with Crippen LogP contribution in [0.1, 0.15) is 28.4 Å². The minimum atomic E-state index is -0.906. The van der Waals surface area contributed by atoms with E-state index in [1.807, 2.05) is 24.4 Å². The van der Waals surface area contributed by atoms with Crippen LogP contribution >= 0.6 is 0 Å². The monoisotopic (exact) mass is 397 g/mol. The van der Waals surface area contributed by atoms with E-state index in [0.29, 0.717) is 37.6 Å². The lowest BCUT2D eigenvalue weighted by atomic mass is 9.73. The van der Waals surface area contributed by atoms with Crippen LogP contribution in [-0.4, -0.2) is 60.9 Å². The van der Waals surface area contributed by atoms with Gasteiger partial charge in [-0.15, -0.1) is 0 Å². The van der Waals surface area contributed by atoms with Gasteiger partial charge in [-0.3, -0.25) is 9.48 Å². The lowest BCUT2D eigenvalue weighted by molar-refractivity contribution is 0.0385. The number of rotatable bonds is 5. The van der Waals surface area contributed by atoms with Crippen LogP contribution in [0.4, 0.5) is 11.5 Å². The molecule has 0 unspecified atom stereocenters. The molecule has 9 nitrogen and oxygen atoms in total. The number of carbonyl (C=O) groups excluding carboxylic acids is 1. The van der Waals surface area contributed by atoms with Gasteiger partial charge in [-0.25, -0.2) is 0 Å². The van der Waals surface area contributed by atoms with Crippen LogP contribution < -0.4 is 16.5 Å². The Bertz CT molecular complexity index is 931. The number of hydrogen-bond donors (Lipinski definition) is 3. The molecule has 29 heavy (non-hydrogen) atoms. The number of hydrogen-bond acceptors (Lipinski definition) is 7. The summed E-state index contributed by atoms with van der Waals surface area (Å²) in [6.07, 6.45) is 5.11. The Kier molecular flexibility index (Phi) is 5.66. The molecule has 0 aliphatic carbocycles. The molecule has 0 radical (unpaired) electrons. The minimum absolute atomic E-state index is 0.0584. The summed E-state index contributed by atoms with van der Waals surface area (Å²) in [6, 6.07) is 5.50. The van der Waals surface area contributed by atoms with Crippen molar-refractivity contribution in [3.8, 4) is 0 Å². The molecule has 0 bridgehead atoms. The summed E-state index contributed by atoms with van der Waals surface area (Å²) in [5, 5.41) is 17.7. The molecule has 0 spiro atoms. The summed E-state index contributed by atoms with van der Waals surface area (Å²) >= 11 is 0. The van der Waals surface area contributed by atoms with Crippen molar-refractivity contribution >= 4 is 36.2 Å². The predicted molar refractivity (Wildman–Crippen MR) is 110 cm³/mol. The maximum absolute atomic E-state index is 12.0. The van der Waals surface area contributed by atoms with Crippen molar-refractivity contribution in [2.45, 2.75) is 18.9 Å². The molecule has 4 rings (SSSR count). The van der Waals surface area contributed by atoms with E-state index in [1.54, 1.807) is 17.9 Å². The summed E-state index contributed by atoms with van der Waals surface area (Å²) in [5.41, 5.74) is 8.41. The van der Waals surface area contributed by atoms with Crippen molar-refractivity contribution in [2.75, 3.05) is 32.2 Å². The maximum Gasteiger partial charge on any atom is 0.491 e. The van der Waals surface area contributed by atoms with E-state index in [4.69, 9.17) is 15.1 Å². The fraction of sp³-hybridized carbons (Fsp3) is 0.421. The molecule has 4 N–H and O–H groups in total. The highest BCUT2D eigenvalue weighted by Gasteiger charge is 2.29. The van der Waals surface area contributed by atoms with Crippen LogP contribution in [0, 0.1) is 5.92 Å². The second kappa shape index (κ2) is 8.36. The summed E-state index contributed by atoms with van der Waals surface area (Å²) in [7, 11) is 0.840. The first-order valence-corrected chi connectivity index (χ1v) is 9.65. The third kappa shape index (κ3) is 4.05. The van der Waals surface area contributed by atoms with Gasteiger partial charge in [0, 0.05) is 44.3 Å². The molecule has 2 aliphatic heterocycles. The molecular weight excluding hydrogens is 373 g/mol. The maximum atomic E-state index is 12.0. The van der Waals surface area contributed by atoms with E-state index >= 15 is 0 Å². The highest BCUT2D eigenvalue weighted by molar-refractivity contribution is 6.60. The Balaban J connectivity index is 1.63. The largest absolute Gasteiger partial charge is 0.491 e. The lowest BCUT2D eigenvalue weighted by Gasteiger charge is -2.29. The van der Waals surface area contributed by atoms with E-state index < -0.39 is 13.0 Å². The molecule has 1 saturated heterocycles. The standard InChI is InChI=1S/C19H24BN5O4/c1-22-9-13-4-6-28-11-17(13)25-10-15(18(21)26)19(24-25)23-14-2-3-16-12(8-14)5-7-29-20(16)27/h2-3,8-10,13,17,27H,4-7,11H2,1H3,(H2,21,26)(H,23,24)/t13-,17+/m1/s1. The molecule has 3 heterocycles. The zero-order valence-electron chi connectivity index (χ0n) is 16.2. The number of ether oxygens (including phenoxy) is 1. The number of carbonyl (C=O) groups is 1. The summed E-state index contributed by atoms with van der Waals surface area (Å²) in [6.45, 7) is 1.63. The van der Waals surface area contributed by atoms with Gasteiger partial charge in [0.1, 0.15) is 5.56 Å². The topological polar surface area (TPSA) is 124 Å². The zero-order valence-corrected chi connectivity index (χ0v) is 16.2. The summed E-state index contributed by atoms with van der Waals surface area (Å²) < 4.78 is 12.6. The number of amides is 1. The first kappa shape index (κ1) is 19.6. The van der Waals surface area contributed by atoms with E-state index in [9.17, 15) is 9.82 Å². The van der Waals surface area contributed by atoms with Crippen molar-refractivity contribution in [3.05, 3.63) is 35.5 Å². The first-order chi connectivity index (χ1) is 14.1. The Morgan fingerprint density at radius 2 is 2.34 bits per heavy atom. The van der Waals surface area contributed by atoms with Gasteiger partial charge in [0.2, 0.25) is 0 Å². The van der Waals surface area contributed by atoms with Gasteiger partial charge in [0.25, 0.3) is 5.91 Å². The Hall–Kier alpha value is -2.69. The number of benzene rings is 1. The highest BCUT2D eigenvalue weighted by Crippen LogP contribution is 2.28. The third-order valence-corrected chi connectivity index (χ3v) is 5.38. The second-order valence-corrected chi connectivity index (χ2v) is 7.25. The molecule has 2 aromatic rings. The zero-order chi connectivity index (χ0) is 20.4. The average Bonchev–Trinajstić information content (AvgIpc) is 3.13. The predicted octanol–water partition coefficient (Wildman–Crippen LogP) is 0.264. The van der Waals surface area contributed by atoms with Crippen LogP contribution in [0.25, 0.3) is 0 Å². The van der Waals surface area contributed by atoms with E-state index in [0.717, 1.165) is 23.1 Å². The van der Waals surface area contributed by atoms with Gasteiger partial charge < -0.3 is 30.5 Å². The summed E-state index contributed by atoms with van der Waals surface area (Å²) in [5.74, 6) is 0.00764. The van der Waals surface area contributed by atoms with Crippen LogP contribution in [0.2, 0.25) is 0 Å². The molecule has 10 heteroatoms. The van der Waals surface area contributed by atoms with Crippen LogP contribution in [0.5, 0.6) is 0 Å². The second-order valence-electron chi connectivity index (χ2n) is 7.25. The number of anilines is 2.